The van der Waals surface area contributed by atoms with Crippen LogP contribution in [0.2, 0.25) is 0 Å². The molecule has 5 nitrogen and oxygen atoms in total. The van der Waals surface area contributed by atoms with Gasteiger partial charge in [-0.15, -0.1) is 0 Å². The number of aromatic nitrogens is 4. The van der Waals surface area contributed by atoms with E-state index in [0.29, 0.717) is 11.0 Å². The van der Waals surface area contributed by atoms with E-state index in [1.807, 2.05) is 22.9 Å². The van der Waals surface area contributed by atoms with Crippen molar-refractivity contribution in [2.75, 3.05) is 0 Å². The van der Waals surface area contributed by atoms with Crippen LogP contribution in [0.1, 0.15) is 0 Å². The molecule has 0 saturated heterocycles. The topological polar surface area (TPSA) is 63.6 Å². The molecule has 0 atom stereocenters. The van der Waals surface area contributed by atoms with Crippen molar-refractivity contribution in [3.63, 3.8) is 0 Å². The fourth-order valence-electron chi connectivity index (χ4n) is 1.73. The van der Waals surface area contributed by atoms with E-state index in [1.165, 1.54) is 6.33 Å². The van der Waals surface area contributed by atoms with Crippen molar-refractivity contribution in [1.82, 2.24) is 19.5 Å². The van der Waals surface area contributed by atoms with Gasteiger partial charge in [0.2, 0.25) is 0 Å². The largest absolute Gasteiger partial charge is 0.312 e. The Balaban J connectivity index is 2.40. The number of H-pyrrole nitrogens is 1. The summed E-state index contributed by atoms with van der Waals surface area (Å²) in [7, 11) is 0. The van der Waals surface area contributed by atoms with Crippen LogP contribution in [-0.2, 0) is 0 Å². The standard InChI is InChI=1S/C11H7IN4O/c12-8-5-16(7-1-3-13-4-2-7)10-9(8)11(17)15-6-14-10/h1-6H,(H,14,15,17). The van der Waals surface area contributed by atoms with Crippen molar-refractivity contribution < 1.29 is 0 Å². The van der Waals surface area contributed by atoms with E-state index in [2.05, 4.69) is 37.5 Å². The van der Waals surface area contributed by atoms with Crippen LogP contribution in [0.25, 0.3) is 16.7 Å². The van der Waals surface area contributed by atoms with Crippen molar-refractivity contribution in [2.24, 2.45) is 0 Å². The normalized spacial score (nSPS) is 10.9. The Labute approximate surface area is 110 Å². The van der Waals surface area contributed by atoms with Gasteiger partial charge in [0.05, 0.1) is 17.4 Å². The molecule has 3 rings (SSSR count). The first-order valence-electron chi connectivity index (χ1n) is 4.92. The van der Waals surface area contributed by atoms with Crippen LogP contribution < -0.4 is 5.56 Å². The summed E-state index contributed by atoms with van der Waals surface area (Å²) >= 11 is 2.13. The molecule has 0 fully saturated rings. The molecular formula is C11H7IN4O. The number of fused-ring (bicyclic) bond motifs is 1. The maximum atomic E-state index is 11.7. The molecule has 0 amide bonds. The van der Waals surface area contributed by atoms with Crippen molar-refractivity contribution in [2.45, 2.75) is 0 Å². The van der Waals surface area contributed by atoms with Crippen molar-refractivity contribution in [1.29, 1.82) is 0 Å². The Morgan fingerprint density at radius 1 is 1.29 bits per heavy atom. The summed E-state index contributed by atoms with van der Waals surface area (Å²) in [5, 5.41) is 0.616. The van der Waals surface area contributed by atoms with Crippen LogP contribution in [0, 0.1) is 3.57 Å². The van der Waals surface area contributed by atoms with E-state index in [-0.39, 0.29) is 5.56 Å². The van der Waals surface area contributed by atoms with Gasteiger partial charge in [0.1, 0.15) is 0 Å². The quantitative estimate of drug-likeness (QED) is 0.687. The average Bonchev–Trinajstić information content (AvgIpc) is 2.69. The molecule has 0 aliphatic rings. The van der Waals surface area contributed by atoms with Gasteiger partial charge in [-0.2, -0.15) is 0 Å². The average molecular weight is 338 g/mol. The smallest absolute Gasteiger partial charge is 0.261 e. The Bertz CT molecular complexity index is 732. The minimum atomic E-state index is -0.118. The minimum absolute atomic E-state index is 0.118. The summed E-state index contributed by atoms with van der Waals surface area (Å²) in [6, 6.07) is 3.75. The van der Waals surface area contributed by atoms with Gasteiger partial charge in [-0.1, -0.05) is 0 Å². The number of pyridine rings is 1. The third-order valence-corrected chi connectivity index (χ3v) is 3.30. The third kappa shape index (κ3) is 1.64. The summed E-state index contributed by atoms with van der Waals surface area (Å²) in [6.45, 7) is 0. The van der Waals surface area contributed by atoms with E-state index in [1.54, 1.807) is 12.4 Å². The number of rotatable bonds is 1. The van der Waals surface area contributed by atoms with Crippen molar-refractivity contribution in [3.8, 4) is 5.69 Å². The lowest BCUT2D eigenvalue weighted by Gasteiger charge is -2.02. The molecule has 0 aromatic carbocycles. The molecule has 0 unspecified atom stereocenters. The van der Waals surface area contributed by atoms with E-state index in [4.69, 9.17) is 0 Å². The summed E-state index contributed by atoms with van der Waals surface area (Å²) in [4.78, 5) is 22.5. The van der Waals surface area contributed by atoms with E-state index in [9.17, 15) is 4.79 Å². The molecule has 0 aliphatic carbocycles. The van der Waals surface area contributed by atoms with Crippen LogP contribution in [0.15, 0.2) is 41.8 Å². The lowest BCUT2D eigenvalue weighted by atomic mass is 10.4. The van der Waals surface area contributed by atoms with Gasteiger partial charge in [0.15, 0.2) is 5.65 Å². The number of nitrogens with zero attached hydrogens (tertiary/aromatic N) is 3. The molecule has 1 N–H and O–H groups in total. The van der Waals surface area contributed by atoms with Gasteiger partial charge in [0, 0.05) is 22.2 Å². The second-order valence-electron chi connectivity index (χ2n) is 3.48. The summed E-state index contributed by atoms with van der Waals surface area (Å²) in [5.41, 5.74) is 1.47. The van der Waals surface area contributed by atoms with Gasteiger partial charge in [-0.05, 0) is 34.7 Å². The van der Waals surface area contributed by atoms with Crippen LogP contribution in [0.5, 0.6) is 0 Å². The molecule has 3 heterocycles. The maximum Gasteiger partial charge on any atom is 0.261 e. The Kier molecular flexibility index (Phi) is 2.43. The van der Waals surface area contributed by atoms with Gasteiger partial charge in [-0.25, -0.2) is 4.98 Å². The molecule has 17 heavy (non-hydrogen) atoms. The van der Waals surface area contributed by atoms with E-state index < -0.39 is 0 Å². The maximum absolute atomic E-state index is 11.7. The number of nitrogens with one attached hydrogen (secondary N) is 1. The Hall–Kier alpha value is -1.70. The highest BCUT2D eigenvalue weighted by Crippen LogP contribution is 2.21. The Morgan fingerprint density at radius 3 is 2.82 bits per heavy atom. The molecular weight excluding hydrogens is 331 g/mol. The van der Waals surface area contributed by atoms with E-state index >= 15 is 0 Å². The van der Waals surface area contributed by atoms with Gasteiger partial charge < -0.3 is 4.98 Å². The van der Waals surface area contributed by atoms with Crippen molar-refractivity contribution in [3.05, 3.63) is 51.0 Å². The molecule has 3 aromatic rings. The summed E-state index contributed by atoms with van der Waals surface area (Å²) in [6.07, 6.45) is 6.73. The first-order chi connectivity index (χ1) is 8.27. The molecule has 84 valence electrons. The minimum Gasteiger partial charge on any atom is -0.312 e. The highest BCUT2D eigenvalue weighted by Gasteiger charge is 2.11. The second-order valence-corrected chi connectivity index (χ2v) is 4.64. The highest BCUT2D eigenvalue weighted by atomic mass is 127. The first-order valence-corrected chi connectivity index (χ1v) is 6.00. The van der Waals surface area contributed by atoms with Crippen molar-refractivity contribution >= 4 is 33.6 Å². The zero-order valence-corrected chi connectivity index (χ0v) is 10.7. The predicted octanol–water partition coefficient (Wildman–Crippen LogP) is 1.71. The fraction of sp³-hybridized carbons (Fsp3) is 0. The van der Waals surface area contributed by atoms with E-state index in [0.717, 1.165) is 9.26 Å². The lowest BCUT2D eigenvalue weighted by Crippen LogP contribution is -2.07. The number of hydrogen-bond donors (Lipinski definition) is 1. The van der Waals surface area contributed by atoms with Crippen LogP contribution in [0.3, 0.4) is 0 Å². The molecule has 0 radical (unpaired) electrons. The molecule has 3 aromatic heterocycles. The molecule has 0 bridgehead atoms. The highest BCUT2D eigenvalue weighted by molar-refractivity contribution is 14.1. The molecule has 6 heteroatoms. The number of aromatic amines is 1. The Morgan fingerprint density at radius 2 is 2.06 bits per heavy atom. The molecule has 0 saturated carbocycles. The van der Waals surface area contributed by atoms with Crippen LogP contribution >= 0.6 is 22.6 Å². The summed E-state index contributed by atoms with van der Waals surface area (Å²) < 4.78 is 2.76. The van der Waals surface area contributed by atoms with Crippen LogP contribution in [-0.4, -0.2) is 19.5 Å². The zero-order chi connectivity index (χ0) is 11.8. The lowest BCUT2D eigenvalue weighted by molar-refractivity contribution is 1.06. The van der Waals surface area contributed by atoms with Crippen LogP contribution in [0.4, 0.5) is 0 Å². The van der Waals surface area contributed by atoms with Gasteiger partial charge in [-0.3, -0.25) is 14.3 Å². The molecule has 0 spiro atoms. The second kappa shape index (κ2) is 3.95. The molecule has 0 aliphatic heterocycles. The number of hydrogen-bond acceptors (Lipinski definition) is 3. The van der Waals surface area contributed by atoms with Gasteiger partial charge in [0.25, 0.3) is 5.56 Å². The first kappa shape index (κ1) is 10.5. The number of halogens is 1. The SMILES string of the molecule is O=c1[nH]cnc2c1c(I)cn2-c1ccncc1. The fourth-order valence-corrected chi connectivity index (χ4v) is 2.49. The zero-order valence-electron chi connectivity index (χ0n) is 8.59. The van der Waals surface area contributed by atoms with Gasteiger partial charge >= 0.3 is 0 Å². The summed E-state index contributed by atoms with van der Waals surface area (Å²) in [5.74, 6) is 0. The third-order valence-electron chi connectivity index (χ3n) is 2.48. The predicted molar refractivity (Wildman–Crippen MR) is 72.2 cm³/mol. The monoisotopic (exact) mass is 338 g/mol.